The molecule has 0 aromatic carbocycles. The number of carboxylic acid groups (broad SMARTS) is 1. The molecule has 2 fully saturated rings. The van der Waals surface area contributed by atoms with E-state index < -0.39 is 5.97 Å². The molecule has 1 N–H and O–H groups in total. The van der Waals surface area contributed by atoms with E-state index in [0.717, 1.165) is 45.4 Å². The van der Waals surface area contributed by atoms with Gasteiger partial charge >= 0.3 is 5.97 Å². The normalized spacial score (nSPS) is 33.8. The summed E-state index contributed by atoms with van der Waals surface area (Å²) in [5.41, 5.74) is 0. The highest BCUT2D eigenvalue weighted by Crippen LogP contribution is 2.30. The van der Waals surface area contributed by atoms with E-state index in [-0.39, 0.29) is 5.92 Å². The van der Waals surface area contributed by atoms with Gasteiger partial charge in [-0.15, -0.1) is 0 Å². The fourth-order valence-corrected chi connectivity index (χ4v) is 3.06. The molecule has 1 heterocycles. The molecule has 4 nitrogen and oxygen atoms in total. The van der Waals surface area contributed by atoms with Gasteiger partial charge in [-0.1, -0.05) is 6.42 Å². The molecule has 92 valence electrons. The molecule has 2 atom stereocenters. The Labute approximate surface area is 97.2 Å². The third kappa shape index (κ3) is 2.55. The second-order valence-corrected chi connectivity index (χ2v) is 5.14. The quantitative estimate of drug-likeness (QED) is 0.759. The fraction of sp³-hybridized carbons (Fsp3) is 0.917. The lowest BCUT2D eigenvalue weighted by Gasteiger charge is -2.30. The molecule has 1 saturated heterocycles. The van der Waals surface area contributed by atoms with Crippen molar-refractivity contribution in [3.05, 3.63) is 0 Å². The number of hydrogen-bond donors (Lipinski definition) is 1. The van der Waals surface area contributed by atoms with Crippen LogP contribution in [0.15, 0.2) is 0 Å². The van der Waals surface area contributed by atoms with Crippen molar-refractivity contribution in [2.24, 2.45) is 5.92 Å². The minimum absolute atomic E-state index is 0.122. The van der Waals surface area contributed by atoms with Crippen LogP contribution < -0.4 is 0 Å². The van der Waals surface area contributed by atoms with Crippen LogP contribution in [0.4, 0.5) is 0 Å². The van der Waals surface area contributed by atoms with Gasteiger partial charge in [0.05, 0.1) is 5.92 Å². The SMILES string of the molecule is CN1CCCN(C2CCCC2C(=O)O)CC1. The van der Waals surface area contributed by atoms with E-state index in [2.05, 4.69) is 16.8 Å². The zero-order valence-corrected chi connectivity index (χ0v) is 10.1. The Balaban J connectivity index is 1.97. The summed E-state index contributed by atoms with van der Waals surface area (Å²) in [6, 6.07) is 0.295. The van der Waals surface area contributed by atoms with Gasteiger partial charge in [0, 0.05) is 19.1 Å². The number of carbonyl (C=O) groups is 1. The van der Waals surface area contributed by atoms with Crippen molar-refractivity contribution >= 4 is 5.97 Å². The minimum Gasteiger partial charge on any atom is -0.481 e. The van der Waals surface area contributed by atoms with Gasteiger partial charge in [0.25, 0.3) is 0 Å². The van der Waals surface area contributed by atoms with Gasteiger partial charge in [-0.2, -0.15) is 0 Å². The summed E-state index contributed by atoms with van der Waals surface area (Å²) in [6.45, 7) is 4.31. The second kappa shape index (κ2) is 5.15. The first-order valence-corrected chi connectivity index (χ1v) is 6.34. The van der Waals surface area contributed by atoms with E-state index in [0.29, 0.717) is 6.04 Å². The van der Waals surface area contributed by atoms with Gasteiger partial charge in [-0.25, -0.2) is 0 Å². The van der Waals surface area contributed by atoms with E-state index in [1.54, 1.807) is 0 Å². The highest BCUT2D eigenvalue weighted by Gasteiger charge is 2.36. The van der Waals surface area contributed by atoms with Crippen LogP contribution in [0.25, 0.3) is 0 Å². The van der Waals surface area contributed by atoms with Gasteiger partial charge in [0.2, 0.25) is 0 Å². The summed E-state index contributed by atoms with van der Waals surface area (Å²) in [5, 5.41) is 9.20. The maximum absolute atomic E-state index is 11.2. The molecule has 0 aromatic rings. The van der Waals surface area contributed by atoms with Crippen LogP contribution in [0.2, 0.25) is 0 Å². The number of aliphatic carboxylic acids is 1. The molecule has 1 aliphatic carbocycles. The van der Waals surface area contributed by atoms with Crippen molar-refractivity contribution < 1.29 is 9.90 Å². The fourth-order valence-electron chi connectivity index (χ4n) is 3.06. The van der Waals surface area contributed by atoms with Crippen molar-refractivity contribution in [3.8, 4) is 0 Å². The Hall–Kier alpha value is -0.610. The van der Waals surface area contributed by atoms with Crippen molar-refractivity contribution in [1.82, 2.24) is 9.80 Å². The summed E-state index contributed by atoms with van der Waals surface area (Å²) in [4.78, 5) is 15.9. The minimum atomic E-state index is -0.597. The maximum Gasteiger partial charge on any atom is 0.308 e. The highest BCUT2D eigenvalue weighted by atomic mass is 16.4. The molecule has 0 amide bonds. The van der Waals surface area contributed by atoms with E-state index in [4.69, 9.17) is 0 Å². The van der Waals surface area contributed by atoms with Gasteiger partial charge in [0.1, 0.15) is 0 Å². The van der Waals surface area contributed by atoms with Crippen molar-refractivity contribution in [3.63, 3.8) is 0 Å². The molecule has 2 unspecified atom stereocenters. The lowest BCUT2D eigenvalue weighted by atomic mass is 10.0. The molecule has 0 aromatic heterocycles. The summed E-state index contributed by atoms with van der Waals surface area (Å²) < 4.78 is 0. The molecular weight excluding hydrogens is 204 g/mol. The lowest BCUT2D eigenvalue weighted by Crippen LogP contribution is -2.42. The van der Waals surface area contributed by atoms with Crippen molar-refractivity contribution in [1.29, 1.82) is 0 Å². The number of nitrogens with zero attached hydrogens (tertiary/aromatic N) is 2. The molecule has 0 radical (unpaired) electrons. The maximum atomic E-state index is 11.2. The Kier molecular flexibility index (Phi) is 3.82. The van der Waals surface area contributed by atoms with Gasteiger partial charge in [-0.05, 0) is 39.4 Å². The second-order valence-electron chi connectivity index (χ2n) is 5.14. The zero-order chi connectivity index (χ0) is 11.5. The number of hydrogen-bond acceptors (Lipinski definition) is 3. The molecule has 4 heteroatoms. The molecule has 2 aliphatic rings. The molecule has 0 bridgehead atoms. The van der Waals surface area contributed by atoms with Gasteiger partial charge in [-0.3, -0.25) is 9.69 Å². The Morgan fingerprint density at radius 3 is 2.69 bits per heavy atom. The lowest BCUT2D eigenvalue weighted by molar-refractivity contribution is -0.143. The van der Waals surface area contributed by atoms with Crippen molar-refractivity contribution in [2.45, 2.75) is 31.7 Å². The molecule has 2 rings (SSSR count). The zero-order valence-electron chi connectivity index (χ0n) is 10.1. The van der Waals surface area contributed by atoms with Crippen LogP contribution in [-0.2, 0) is 4.79 Å². The first kappa shape index (κ1) is 11.9. The third-order valence-electron chi connectivity index (χ3n) is 4.02. The Morgan fingerprint density at radius 2 is 1.94 bits per heavy atom. The van der Waals surface area contributed by atoms with Crippen molar-refractivity contribution in [2.75, 3.05) is 33.2 Å². The van der Waals surface area contributed by atoms with E-state index >= 15 is 0 Å². The predicted molar refractivity (Wildman–Crippen MR) is 62.5 cm³/mol. The number of likely N-dealkylation sites (N-methyl/N-ethyl adjacent to an activating group) is 1. The summed E-state index contributed by atoms with van der Waals surface area (Å²) >= 11 is 0. The number of carboxylic acids is 1. The smallest absolute Gasteiger partial charge is 0.308 e. The monoisotopic (exact) mass is 226 g/mol. The summed E-state index contributed by atoms with van der Waals surface area (Å²) in [5.74, 6) is -0.719. The van der Waals surface area contributed by atoms with Crippen LogP contribution in [0.3, 0.4) is 0 Å². The van der Waals surface area contributed by atoms with Crippen LogP contribution in [0.1, 0.15) is 25.7 Å². The summed E-state index contributed by atoms with van der Waals surface area (Å²) in [6.07, 6.45) is 4.18. The first-order chi connectivity index (χ1) is 7.68. The molecule has 16 heavy (non-hydrogen) atoms. The third-order valence-corrected chi connectivity index (χ3v) is 4.02. The van der Waals surface area contributed by atoms with E-state index in [9.17, 15) is 9.90 Å². The highest BCUT2D eigenvalue weighted by molar-refractivity contribution is 5.71. The van der Waals surface area contributed by atoms with E-state index in [1.165, 1.54) is 6.42 Å². The largest absolute Gasteiger partial charge is 0.481 e. The molecule has 1 aliphatic heterocycles. The van der Waals surface area contributed by atoms with Gasteiger partial charge < -0.3 is 10.0 Å². The first-order valence-electron chi connectivity index (χ1n) is 6.34. The predicted octanol–water partition coefficient (Wildman–Crippen LogP) is 0.877. The van der Waals surface area contributed by atoms with Crippen LogP contribution >= 0.6 is 0 Å². The average Bonchev–Trinajstić information content (AvgIpc) is 2.63. The van der Waals surface area contributed by atoms with Gasteiger partial charge in [0.15, 0.2) is 0 Å². The average molecular weight is 226 g/mol. The van der Waals surface area contributed by atoms with Crippen LogP contribution in [0.5, 0.6) is 0 Å². The van der Waals surface area contributed by atoms with E-state index in [1.807, 2.05) is 0 Å². The molecule has 0 spiro atoms. The Morgan fingerprint density at radius 1 is 1.12 bits per heavy atom. The van der Waals surface area contributed by atoms with Crippen LogP contribution in [0, 0.1) is 5.92 Å². The summed E-state index contributed by atoms with van der Waals surface area (Å²) in [7, 11) is 2.15. The van der Waals surface area contributed by atoms with Crippen LogP contribution in [-0.4, -0.2) is 60.1 Å². The Bertz CT molecular complexity index is 257. The topological polar surface area (TPSA) is 43.8 Å². The standard InChI is InChI=1S/C12H22N2O2/c1-13-6-3-7-14(9-8-13)11-5-2-4-10(11)12(15)16/h10-11H,2-9H2,1H3,(H,15,16). The molecular formula is C12H22N2O2. The number of rotatable bonds is 2. The molecule has 1 saturated carbocycles.